The number of carbonyl (C=O) groups is 1. The molecule has 9 heteroatoms. The van der Waals surface area contributed by atoms with Gasteiger partial charge in [0.1, 0.15) is 5.82 Å². The van der Waals surface area contributed by atoms with Crippen molar-refractivity contribution in [1.82, 2.24) is 19.6 Å². The molecule has 0 atom stereocenters. The van der Waals surface area contributed by atoms with Crippen molar-refractivity contribution >= 4 is 35.0 Å². The molecule has 0 aliphatic carbocycles. The molecule has 2 aromatic heterocycles. The Balaban J connectivity index is 1.71. The molecule has 0 bridgehead atoms. The average Bonchev–Trinajstić information content (AvgIpc) is 2.87. The number of benzene rings is 1. The maximum absolute atomic E-state index is 12.1. The first-order chi connectivity index (χ1) is 11.4. The van der Waals surface area contributed by atoms with Crippen LogP contribution in [0, 0.1) is 13.8 Å². The zero-order valence-electron chi connectivity index (χ0n) is 13.2. The number of rotatable bonds is 4. The Morgan fingerprint density at radius 2 is 1.96 bits per heavy atom. The number of hydrogen-bond donors (Lipinski definition) is 3. The van der Waals surface area contributed by atoms with Crippen LogP contribution in [0.5, 0.6) is 0 Å². The van der Waals surface area contributed by atoms with Crippen LogP contribution in [0.4, 0.5) is 11.5 Å². The van der Waals surface area contributed by atoms with E-state index < -0.39 is 0 Å². The molecule has 0 radical (unpaired) electrons. The average molecular weight is 344 g/mol. The minimum atomic E-state index is -0.350. The summed E-state index contributed by atoms with van der Waals surface area (Å²) in [6.45, 7) is 3.95. The van der Waals surface area contributed by atoms with Gasteiger partial charge in [0.05, 0.1) is 5.75 Å². The summed E-state index contributed by atoms with van der Waals surface area (Å²) in [5, 5.41) is 11.1. The minimum Gasteiger partial charge on any atom is -0.385 e. The maximum Gasteiger partial charge on any atom is 0.254 e. The van der Waals surface area contributed by atoms with E-state index >= 15 is 0 Å². The second-order valence-corrected chi connectivity index (χ2v) is 6.36. The van der Waals surface area contributed by atoms with Crippen LogP contribution in [0.2, 0.25) is 0 Å². The van der Waals surface area contributed by atoms with Crippen LogP contribution >= 0.6 is 11.8 Å². The van der Waals surface area contributed by atoms with E-state index in [-0.39, 0.29) is 28.8 Å². The van der Waals surface area contributed by atoms with Crippen molar-refractivity contribution in [2.45, 2.75) is 19.0 Å². The lowest BCUT2D eigenvalue weighted by Crippen LogP contribution is -2.15. The van der Waals surface area contributed by atoms with Gasteiger partial charge in [-0.15, -0.1) is 10.2 Å². The molecule has 1 amide bonds. The van der Waals surface area contributed by atoms with E-state index in [9.17, 15) is 9.59 Å². The Morgan fingerprint density at radius 3 is 2.67 bits per heavy atom. The largest absolute Gasteiger partial charge is 0.385 e. The summed E-state index contributed by atoms with van der Waals surface area (Å²) >= 11 is 1.19. The fraction of sp³-hybridized carbons (Fsp3) is 0.200. The first-order valence-corrected chi connectivity index (χ1v) is 8.16. The summed E-state index contributed by atoms with van der Waals surface area (Å²) in [5.41, 5.74) is 8.38. The van der Waals surface area contributed by atoms with E-state index in [0.717, 1.165) is 16.8 Å². The molecule has 24 heavy (non-hydrogen) atoms. The molecule has 0 unspecified atom stereocenters. The van der Waals surface area contributed by atoms with Gasteiger partial charge in [-0.3, -0.25) is 14.6 Å². The van der Waals surface area contributed by atoms with Crippen molar-refractivity contribution in [3.05, 3.63) is 45.7 Å². The van der Waals surface area contributed by atoms with Gasteiger partial charge in [-0.1, -0.05) is 17.8 Å². The summed E-state index contributed by atoms with van der Waals surface area (Å²) in [4.78, 5) is 26.0. The number of thioether (sulfide) groups is 1. The highest BCUT2D eigenvalue weighted by atomic mass is 32.2. The monoisotopic (exact) mass is 344 g/mol. The third-order valence-corrected chi connectivity index (χ3v) is 4.17. The number of amides is 1. The van der Waals surface area contributed by atoms with Crippen LogP contribution in [-0.4, -0.2) is 31.2 Å². The van der Waals surface area contributed by atoms with Gasteiger partial charge in [0.15, 0.2) is 5.16 Å². The van der Waals surface area contributed by atoms with E-state index in [1.165, 1.54) is 22.2 Å². The van der Waals surface area contributed by atoms with Gasteiger partial charge < -0.3 is 11.1 Å². The fourth-order valence-electron chi connectivity index (χ4n) is 2.40. The van der Waals surface area contributed by atoms with Crippen molar-refractivity contribution in [1.29, 1.82) is 0 Å². The lowest BCUT2D eigenvalue weighted by Gasteiger charge is -2.07. The Hall–Kier alpha value is -2.81. The summed E-state index contributed by atoms with van der Waals surface area (Å²) in [7, 11) is 0. The van der Waals surface area contributed by atoms with Crippen LogP contribution in [0.25, 0.3) is 5.78 Å². The molecule has 0 saturated heterocycles. The fourth-order valence-corrected chi connectivity index (χ4v) is 3.15. The van der Waals surface area contributed by atoms with Gasteiger partial charge in [-0.25, -0.2) is 4.40 Å². The van der Waals surface area contributed by atoms with Crippen molar-refractivity contribution < 1.29 is 4.79 Å². The first kappa shape index (κ1) is 16.1. The van der Waals surface area contributed by atoms with Gasteiger partial charge >= 0.3 is 0 Å². The van der Waals surface area contributed by atoms with Gasteiger partial charge in [0.2, 0.25) is 11.7 Å². The van der Waals surface area contributed by atoms with Gasteiger partial charge in [-0.05, 0) is 37.1 Å². The number of fused-ring (bicyclic) bond motifs is 1. The van der Waals surface area contributed by atoms with E-state index in [1.54, 1.807) is 0 Å². The van der Waals surface area contributed by atoms with E-state index in [4.69, 9.17) is 5.73 Å². The van der Waals surface area contributed by atoms with E-state index in [2.05, 4.69) is 20.5 Å². The molecule has 124 valence electrons. The number of anilines is 2. The summed E-state index contributed by atoms with van der Waals surface area (Å²) in [5.74, 6) is 0.449. The predicted molar refractivity (Wildman–Crippen MR) is 93.3 cm³/mol. The number of nitrogens with zero attached hydrogens (tertiary/aromatic N) is 3. The summed E-state index contributed by atoms with van der Waals surface area (Å²) < 4.78 is 1.50. The maximum atomic E-state index is 12.1. The summed E-state index contributed by atoms with van der Waals surface area (Å²) in [6, 6.07) is 7.10. The van der Waals surface area contributed by atoms with Crippen LogP contribution in [0.3, 0.4) is 0 Å². The number of aryl methyl sites for hydroxylation is 2. The number of carbonyl (C=O) groups excluding carboxylic acids is 1. The van der Waals surface area contributed by atoms with Gasteiger partial charge in [0, 0.05) is 11.8 Å². The molecule has 3 aromatic rings. The number of hydrogen-bond acceptors (Lipinski definition) is 6. The second-order valence-electron chi connectivity index (χ2n) is 5.41. The Labute approximate surface area is 141 Å². The second kappa shape index (κ2) is 6.36. The van der Waals surface area contributed by atoms with Crippen molar-refractivity contribution in [2.75, 3.05) is 16.8 Å². The molecule has 0 fully saturated rings. The van der Waals surface area contributed by atoms with Crippen LogP contribution in [0.1, 0.15) is 11.1 Å². The molecule has 0 spiro atoms. The first-order valence-electron chi connectivity index (χ1n) is 7.17. The van der Waals surface area contributed by atoms with Crippen LogP contribution < -0.4 is 16.6 Å². The van der Waals surface area contributed by atoms with Gasteiger partial charge in [-0.2, -0.15) is 0 Å². The third-order valence-electron chi connectivity index (χ3n) is 3.24. The summed E-state index contributed by atoms with van der Waals surface area (Å²) in [6.07, 6.45) is 0. The van der Waals surface area contributed by atoms with E-state index in [1.807, 2.05) is 32.0 Å². The Bertz CT molecular complexity index is 957. The lowest BCUT2D eigenvalue weighted by atomic mass is 10.1. The zero-order valence-corrected chi connectivity index (χ0v) is 14.0. The highest BCUT2D eigenvalue weighted by molar-refractivity contribution is 7.99. The van der Waals surface area contributed by atoms with Crippen molar-refractivity contribution in [3.63, 3.8) is 0 Å². The molecule has 2 heterocycles. The minimum absolute atomic E-state index is 0.145. The topological polar surface area (TPSA) is 118 Å². The van der Waals surface area contributed by atoms with Crippen molar-refractivity contribution in [2.24, 2.45) is 0 Å². The highest BCUT2D eigenvalue weighted by Crippen LogP contribution is 2.19. The normalized spacial score (nSPS) is 10.9. The molecule has 0 aliphatic rings. The number of aromatic amines is 1. The number of aromatic nitrogens is 4. The van der Waals surface area contributed by atoms with Crippen LogP contribution in [0.15, 0.2) is 34.2 Å². The quantitative estimate of drug-likeness (QED) is 0.615. The number of nitrogens with one attached hydrogen (secondary N) is 2. The molecule has 4 N–H and O–H groups in total. The SMILES string of the molecule is Cc1cc(C)cc(NC(=O)CSc2nnc3[nH]c(=O)cc(N)n23)c1. The third kappa shape index (κ3) is 3.40. The highest BCUT2D eigenvalue weighted by Gasteiger charge is 2.12. The number of H-pyrrole nitrogens is 1. The van der Waals surface area contributed by atoms with Crippen molar-refractivity contribution in [3.8, 4) is 0 Å². The standard InChI is InChI=1S/C15H16N6O2S/c1-8-3-9(2)5-10(4-8)17-13(23)7-24-15-20-19-14-18-12(22)6-11(16)21(14)15/h3-6H,7,16H2,1-2H3,(H,17,23)(H,18,19,22). The zero-order chi connectivity index (χ0) is 17.3. The molecule has 0 aliphatic heterocycles. The molecule has 0 saturated carbocycles. The number of nitrogen functional groups attached to an aromatic ring is 1. The smallest absolute Gasteiger partial charge is 0.254 e. The number of nitrogens with two attached hydrogens (primary N) is 1. The molecular formula is C15H16N6O2S. The molecule has 8 nitrogen and oxygen atoms in total. The lowest BCUT2D eigenvalue weighted by molar-refractivity contribution is -0.113. The predicted octanol–water partition coefficient (Wildman–Crippen LogP) is 1.35. The Morgan fingerprint density at radius 1 is 1.25 bits per heavy atom. The molecular weight excluding hydrogens is 328 g/mol. The molecule has 1 aromatic carbocycles. The van der Waals surface area contributed by atoms with Crippen LogP contribution in [-0.2, 0) is 4.79 Å². The van der Waals surface area contributed by atoms with Gasteiger partial charge in [0.25, 0.3) is 5.56 Å². The van der Waals surface area contributed by atoms with E-state index in [0.29, 0.717) is 5.16 Å². The molecule has 3 rings (SSSR count). The Kier molecular flexibility index (Phi) is 4.26.